The maximum absolute atomic E-state index is 10.4. The zero-order valence-corrected chi connectivity index (χ0v) is 9.72. The van der Waals surface area contributed by atoms with Crippen molar-refractivity contribution in [3.8, 4) is 0 Å². The van der Waals surface area contributed by atoms with Crippen LogP contribution in [0.25, 0.3) is 0 Å². The third-order valence-corrected chi connectivity index (χ3v) is 1.97. The fraction of sp³-hybridized carbons (Fsp3) is 0.417. The molecule has 4 heteroatoms. The van der Waals surface area contributed by atoms with Crippen molar-refractivity contribution < 1.29 is 14.6 Å². The summed E-state index contributed by atoms with van der Waals surface area (Å²) in [5, 5.41) is 8.54. The van der Waals surface area contributed by atoms with E-state index < -0.39 is 6.04 Å². The molecule has 1 aromatic carbocycles. The van der Waals surface area contributed by atoms with Crippen LogP contribution >= 0.6 is 0 Å². The summed E-state index contributed by atoms with van der Waals surface area (Å²) in [6, 6.07) is 9.08. The quantitative estimate of drug-likeness (QED) is 0.755. The van der Waals surface area contributed by atoms with Gasteiger partial charge in [0, 0.05) is 0 Å². The standard InChI is InChI=1S/C7H8O.C5H11NO2/c8-6-7-4-2-1-3-5-7;1-3-4(6)5(7)8-2/h1-5,8H,6H2;4H,3,6H2,1-2H3. The minimum absolute atomic E-state index is 0.140. The second-order valence-corrected chi connectivity index (χ2v) is 3.18. The van der Waals surface area contributed by atoms with E-state index in [4.69, 9.17) is 10.8 Å². The highest BCUT2D eigenvalue weighted by atomic mass is 16.5. The molecule has 4 nitrogen and oxygen atoms in total. The lowest BCUT2D eigenvalue weighted by molar-refractivity contribution is -0.142. The summed E-state index contributed by atoms with van der Waals surface area (Å²) in [5.74, 6) is -0.340. The second-order valence-electron chi connectivity index (χ2n) is 3.18. The summed E-state index contributed by atoms with van der Waals surface area (Å²) in [5.41, 5.74) is 6.22. The average Bonchev–Trinajstić information content (AvgIpc) is 2.38. The van der Waals surface area contributed by atoms with Gasteiger partial charge in [-0.2, -0.15) is 0 Å². The van der Waals surface area contributed by atoms with Crippen LogP contribution < -0.4 is 5.73 Å². The molecule has 1 atom stereocenters. The first-order chi connectivity index (χ1) is 7.65. The van der Waals surface area contributed by atoms with Gasteiger partial charge >= 0.3 is 5.97 Å². The molecule has 1 rings (SSSR count). The number of hydrogen-bond acceptors (Lipinski definition) is 4. The molecule has 0 bridgehead atoms. The van der Waals surface area contributed by atoms with E-state index >= 15 is 0 Å². The Morgan fingerprint density at radius 1 is 1.44 bits per heavy atom. The Morgan fingerprint density at radius 2 is 2.00 bits per heavy atom. The average molecular weight is 225 g/mol. The number of hydrogen-bond donors (Lipinski definition) is 2. The van der Waals surface area contributed by atoms with E-state index in [0.717, 1.165) is 5.56 Å². The topological polar surface area (TPSA) is 72.6 Å². The molecule has 0 aliphatic rings. The van der Waals surface area contributed by atoms with Gasteiger partial charge in [-0.05, 0) is 12.0 Å². The van der Waals surface area contributed by atoms with Gasteiger partial charge in [-0.1, -0.05) is 37.3 Å². The smallest absolute Gasteiger partial charge is 0.322 e. The van der Waals surface area contributed by atoms with Crippen LogP contribution in [0.2, 0.25) is 0 Å². The van der Waals surface area contributed by atoms with Gasteiger partial charge in [0.15, 0.2) is 0 Å². The molecule has 1 aromatic rings. The third-order valence-electron chi connectivity index (χ3n) is 1.97. The van der Waals surface area contributed by atoms with E-state index in [1.807, 2.05) is 37.3 Å². The maximum Gasteiger partial charge on any atom is 0.322 e. The Morgan fingerprint density at radius 3 is 2.25 bits per heavy atom. The van der Waals surface area contributed by atoms with Gasteiger partial charge in [0.25, 0.3) is 0 Å². The molecular formula is C12H19NO3. The molecule has 90 valence electrons. The number of esters is 1. The van der Waals surface area contributed by atoms with Crippen LogP contribution in [-0.4, -0.2) is 24.2 Å². The molecular weight excluding hydrogens is 206 g/mol. The van der Waals surface area contributed by atoms with Crippen molar-refractivity contribution in [2.24, 2.45) is 5.73 Å². The molecule has 0 saturated carbocycles. The van der Waals surface area contributed by atoms with Gasteiger partial charge in [-0.25, -0.2) is 0 Å². The summed E-state index contributed by atoms with van der Waals surface area (Å²) in [6.07, 6.45) is 0.632. The number of methoxy groups -OCH3 is 1. The summed E-state index contributed by atoms with van der Waals surface area (Å²) < 4.78 is 4.34. The van der Waals surface area contributed by atoms with E-state index in [1.165, 1.54) is 7.11 Å². The lowest BCUT2D eigenvalue weighted by Gasteiger charge is -2.03. The molecule has 16 heavy (non-hydrogen) atoms. The number of benzene rings is 1. The van der Waals surface area contributed by atoms with Crippen molar-refractivity contribution in [2.45, 2.75) is 26.0 Å². The van der Waals surface area contributed by atoms with Crippen LogP contribution in [0.4, 0.5) is 0 Å². The minimum Gasteiger partial charge on any atom is -0.468 e. The van der Waals surface area contributed by atoms with Crippen molar-refractivity contribution in [1.29, 1.82) is 0 Å². The zero-order valence-electron chi connectivity index (χ0n) is 9.72. The highest BCUT2D eigenvalue weighted by Crippen LogP contribution is 1.95. The summed E-state index contributed by atoms with van der Waals surface area (Å²) in [4.78, 5) is 10.4. The zero-order chi connectivity index (χ0) is 12.4. The first kappa shape index (κ1) is 14.6. The molecule has 0 spiro atoms. The maximum atomic E-state index is 10.4. The normalized spacial score (nSPS) is 11.0. The van der Waals surface area contributed by atoms with Crippen LogP contribution in [0, 0.1) is 0 Å². The number of nitrogens with two attached hydrogens (primary N) is 1. The Kier molecular flexibility index (Phi) is 8.11. The van der Waals surface area contributed by atoms with Gasteiger partial charge in [-0.3, -0.25) is 4.79 Å². The molecule has 1 unspecified atom stereocenters. The number of carbonyl (C=O) groups excluding carboxylic acids is 1. The van der Waals surface area contributed by atoms with Gasteiger partial charge in [0.2, 0.25) is 0 Å². The predicted molar refractivity (Wildman–Crippen MR) is 62.6 cm³/mol. The number of rotatable bonds is 3. The summed E-state index contributed by atoms with van der Waals surface area (Å²) in [6.45, 7) is 1.97. The van der Waals surface area contributed by atoms with Crippen LogP contribution in [0.3, 0.4) is 0 Å². The molecule has 0 aromatic heterocycles. The number of aliphatic hydroxyl groups excluding tert-OH is 1. The van der Waals surface area contributed by atoms with Crippen molar-refractivity contribution in [3.05, 3.63) is 35.9 Å². The molecule has 0 fully saturated rings. The molecule has 0 aliphatic carbocycles. The number of carbonyl (C=O) groups is 1. The van der Waals surface area contributed by atoms with Gasteiger partial charge in [-0.15, -0.1) is 0 Å². The van der Waals surface area contributed by atoms with E-state index in [-0.39, 0.29) is 12.6 Å². The Hall–Kier alpha value is -1.39. The largest absolute Gasteiger partial charge is 0.468 e. The molecule has 0 heterocycles. The van der Waals surface area contributed by atoms with E-state index in [1.54, 1.807) is 0 Å². The fourth-order valence-electron chi connectivity index (χ4n) is 0.901. The van der Waals surface area contributed by atoms with E-state index in [0.29, 0.717) is 6.42 Å². The van der Waals surface area contributed by atoms with Crippen molar-refractivity contribution in [3.63, 3.8) is 0 Å². The lowest BCUT2D eigenvalue weighted by Crippen LogP contribution is -2.30. The Balaban J connectivity index is 0.000000281. The SMILES string of the molecule is CCC(N)C(=O)OC.OCc1ccccc1. The lowest BCUT2D eigenvalue weighted by atomic mass is 10.2. The van der Waals surface area contributed by atoms with Gasteiger partial charge in [0.05, 0.1) is 13.7 Å². The minimum atomic E-state index is -0.444. The van der Waals surface area contributed by atoms with Crippen molar-refractivity contribution in [2.75, 3.05) is 7.11 Å². The monoisotopic (exact) mass is 225 g/mol. The molecule has 0 radical (unpaired) electrons. The first-order valence-electron chi connectivity index (χ1n) is 5.13. The Bertz CT molecular complexity index is 288. The number of aliphatic hydroxyl groups is 1. The van der Waals surface area contributed by atoms with Crippen molar-refractivity contribution in [1.82, 2.24) is 0 Å². The second kappa shape index (κ2) is 8.88. The molecule has 0 aliphatic heterocycles. The van der Waals surface area contributed by atoms with Crippen molar-refractivity contribution >= 4 is 5.97 Å². The molecule has 0 amide bonds. The third kappa shape index (κ3) is 6.16. The highest BCUT2D eigenvalue weighted by Gasteiger charge is 2.08. The Labute approximate surface area is 96.0 Å². The number of ether oxygens (including phenoxy) is 1. The summed E-state index contributed by atoms with van der Waals surface area (Å²) >= 11 is 0. The summed E-state index contributed by atoms with van der Waals surface area (Å²) in [7, 11) is 1.33. The van der Waals surface area contributed by atoms with Crippen LogP contribution in [0.5, 0.6) is 0 Å². The predicted octanol–water partition coefficient (Wildman–Crippen LogP) is 1.08. The first-order valence-corrected chi connectivity index (χ1v) is 5.13. The van der Waals surface area contributed by atoms with E-state index in [2.05, 4.69) is 4.74 Å². The molecule has 3 N–H and O–H groups in total. The van der Waals surface area contributed by atoms with Gasteiger partial charge in [0.1, 0.15) is 6.04 Å². The van der Waals surface area contributed by atoms with Gasteiger partial charge < -0.3 is 15.6 Å². The van der Waals surface area contributed by atoms with E-state index in [9.17, 15) is 4.79 Å². The fourth-order valence-corrected chi connectivity index (χ4v) is 0.901. The van der Waals surface area contributed by atoms with Crippen LogP contribution in [-0.2, 0) is 16.1 Å². The van der Waals surface area contributed by atoms with Crippen LogP contribution in [0.1, 0.15) is 18.9 Å². The highest BCUT2D eigenvalue weighted by molar-refractivity contribution is 5.75. The van der Waals surface area contributed by atoms with Crippen LogP contribution in [0.15, 0.2) is 30.3 Å². The molecule has 0 saturated heterocycles.